The molecule has 10 aromatic rings. The van der Waals surface area contributed by atoms with Gasteiger partial charge >= 0.3 is 0 Å². The molecule has 0 bridgehead atoms. The first-order valence-corrected chi connectivity index (χ1v) is 19.0. The quantitative estimate of drug-likeness (QED) is 0.154. The molecule has 52 heavy (non-hydrogen) atoms. The van der Waals surface area contributed by atoms with Crippen LogP contribution < -0.4 is 4.90 Å². The van der Waals surface area contributed by atoms with Crippen LogP contribution in [0.25, 0.3) is 68.9 Å². The predicted molar refractivity (Wildman–Crippen MR) is 225 cm³/mol. The van der Waals surface area contributed by atoms with Gasteiger partial charge in [0.2, 0.25) is 0 Å². The maximum atomic E-state index is 6.58. The molecule has 3 aromatic heterocycles. The van der Waals surface area contributed by atoms with Crippen LogP contribution in [0.5, 0.6) is 0 Å². The zero-order valence-electron chi connectivity index (χ0n) is 28.1. The fourth-order valence-electron chi connectivity index (χ4n) is 7.27. The lowest BCUT2D eigenvalue weighted by atomic mass is 10.0. The van der Waals surface area contributed by atoms with Crippen LogP contribution in [-0.2, 0) is 0 Å². The zero-order valence-corrected chi connectivity index (χ0v) is 29.7. The Morgan fingerprint density at radius 3 is 2.08 bits per heavy atom. The molecule has 0 fully saturated rings. The van der Waals surface area contributed by atoms with Crippen molar-refractivity contribution in [2.24, 2.45) is 0 Å². The first-order valence-electron chi connectivity index (χ1n) is 17.4. The number of para-hydroxylation sites is 1. The van der Waals surface area contributed by atoms with Gasteiger partial charge in [0.15, 0.2) is 0 Å². The largest absolute Gasteiger partial charge is 0.456 e. The van der Waals surface area contributed by atoms with Gasteiger partial charge < -0.3 is 9.32 Å². The fraction of sp³-hybridized carbons (Fsp3) is 0. The molecule has 0 aliphatic heterocycles. The second kappa shape index (κ2) is 12.8. The van der Waals surface area contributed by atoms with Crippen molar-refractivity contribution in [2.75, 3.05) is 4.90 Å². The van der Waals surface area contributed by atoms with Crippen LogP contribution in [0.3, 0.4) is 0 Å². The van der Waals surface area contributed by atoms with E-state index in [0.717, 1.165) is 44.4 Å². The van der Waals surface area contributed by atoms with E-state index in [2.05, 4.69) is 187 Å². The molecule has 2 nitrogen and oxygen atoms in total. The van der Waals surface area contributed by atoms with Crippen molar-refractivity contribution in [3.05, 3.63) is 199 Å². The number of nitrogens with zero attached hydrogens (tertiary/aromatic N) is 1. The van der Waals surface area contributed by atoms with Crippen LogP contribution in [0.1, 0.15) is 10.4 Å². The highest BCUT2D eigenvalue weighted by atomic mass is 32.1. The average molecular weight is 702 g/mol. The second-order valence-electron chi connectivity index (χ2n) is 12.9. The lowest BCUT2D eigenvalue weighted by Crippen LogP contribution is -2.09. The van der Waals surface area contributed by atoms with Crippen LogP contribution in [0.4, 0.5) is 11.4 Å². The highest BCUT2D eigenvalue weighted by molar-refractivity contribution is 7.25. The van der Waals surface area contributed by atoms with Gasteiger partial charge in [0.05, 0.1) is 11.1 Å². The molecule has 0 N–H and O–H groups in total. The summed E-state index contributed by atoms with van der Waals surface area (Å²) in [6.07, 6.45) is 6.68. The molecule has 10 rings (SSSR count). The molecule has 0 unspecified atom stereocenters. The van der Waals surface area contributed by atoms with Gasteiger partial charge in [-0.1, -0.05) is 127 Å². The molecule has 0 aliphatic carbocycles. The van der Waals surface area contributed by atoms with Gasteiger partial charge in [0, 0.05) is 47.0 Å². The third-order valence-corrected chi connectivity index (χ3v) is 12.0. The molecule has 0 spiro atoms. The normalized spacial score (nSPS) is 12.3. The van der Waals surface area contributed by atoms with E-state index in [9.17, 15) is 0 Å². The number of allylic oxidation sites excluding steroid dienone is 2. The molecular formula is C48H31NOS2. The topological polar surface area (TPSA) is 16.4 Å². The van der Waals surface area contributed by atoms with Crippen molar-refractivity contribution in [1.82, 2.24) is 0 Å². The van der Waals surface area contributed by atoms with E-state index in [1.807, 2.05) is 28.7 Å². The van der Waals surface area contributed by atoms with Crippen LogP contribution in [0.2, 0.25) is 0 Å². The van der Waals surface area contributed by atoms with Gasteiger partial charge in [-0.25, -0.2) is 0 Å². The van der Waals surface area contributed by atoms with E-state index in [1.165, 1.54) is 46.3 Å². The lowest BCUT2D eigenvalue weighted by Gasteiger charge is -2.23. The minimum absolute atomic E-state index is 0.865. The van der Waals surface area contributed by atoms with Crippen molar-refractivity contribution in [1.29, 1.82) is 0 Å². The zero-order chi connectivity index (χ0) is 34.4. The number of hydrogen-bond donors (Lipinski definition) is 0. The SMILES string of the molecule is C(/C=C/N(c1ccc2c(c1)sc1ccccc12)c1cc(-c2ccccc2)cc2oc3ccccc3c12)=C(\c1ccccc1)c1cc2ccccc2s1. The molecule has 0 aliphatic rings. The third kappa shape index (κ3) is 5.41. The van der Waals surface area contributed by atoms with Gasteiger partial charge in [-0.15, -0.1) is 22.7 Å². The molecule has 0 atom stereocenters. The summed E-state index contributed by atoms with van der Waals surface area (Å²) in [5.41, 5.74) is 8.52. The first kappa shape index (κ1) is 30.6. The molecule has 0 saturated heterocycles. The Morgan fingerprint density at radius 2 is 1.23 bits per heavy atom. The van der Waals surface area contributed by atoms with Crippen molar-refractivity contribution < 1.29 is 4.42 Å². The number of rotatable bonds is 7. The number of benzene rings is 7. The summed E-state index contributed by atoms with van der Waals surface area (Å²) < 4.78 is 10.4. The van der Waals surface area contributed by atoms with Crippen LogP contribution >= 0.6 is 22.7 Å². The van der Waals surface area contributed by atoms with Crippen LogP contribution in [0.15, 0.2) is 193 Å². The molecule has 0 amide bonds. The van der Waals surface area contributed by atoms with Crippen molar-refractivity contribution in [2.45, 2.75) is 0 Å². The summed E-state index contributed by atoms with van der Waals surface area (Å²) in [5.74, 6) is 0. The van der Waals surface area contributed by atoms with E-state index < -0.39 is 0 Å². The predicted octanol–water partition coefficient (Wildman–Crippen LogP) is 14.6. The highest BCUT2D eigenvalue weighted by Gasteiger charge is 2.19. The van der Waals surface area contributed by atoms with Gasteiger partial charge in [0.25, 0.3) is 0 Å². The van der Waals surface area contributed by atoms with Crippen LogP contribution in [0, 0.1) is 0 Å². The maximum Gasteiger partial charge on any atom is 0.138 e. The molecule has 246 valence electrons. The Kier molecular flexibility index (Phi) is 7.56. The molecule has 0 radical (unpaired) electrons. The van der Waals surface area contributed by atoms with E-state index in [-0.39, 0.29) is 0 Å². The number of anilines is 2. The molecule has 3 heterocycles. The average Bonchev–Trinajstić information content (AvgIpc) is 3.91. The highest BCUT2D eigenvalue weighted by Crippen LogP contribution is 2.44. The van der Waals surface area contributed by atoms with Gasteiger partial charge in [0.1, 0.15) is 11.2 Å². The number of fused-ring (bicyclic) bond motifs is 7. The Morgan fingerprint density at radius 1 is 0.519 bits per heavy atom. The Balaban J connectivity index is 1.21. The molecule has 0 saturated carbocycles. The second-order valence-corrected chi connectivity index (χ2v) is 15.1. The monoisotopic (exact) mass is 701 g/mol. The van der Waals surface area contributed by atoms with Gasteiger partial charge in [-0.2, -0.15) is 0 Å². The standard InChI is InChI=1S/C48H31NOS2/c1-3-14-32(15-4-1)35-28-41(48-40-20-8-10-22-42(40)50-43(48)29-35)49(36-25-26-39-38-19-9-12-24-45(38)52-47(39)31-36)27-13-21-37(33-16-5-2-6-17-33)46-30-34-18-7-11-23-44(34)51-46/h1-31H/b27-13+,37-21-. The molecular weight excluding hydrogens is 671 g/mol. The lowest BCUT2D eigenvalue weighted by molar-refractivity contribution is 0.669. The van der Waals surface area contributed by atoms with Crippen molar-refractivity contribution in [3.8, 4) is 11.1 Å². The summed E-state index contributed by atoms with van der Waals surface area (Å²) in [6.45, 7) is 0. The van der Waals surface area contributed by atoms with Gasteiger partial charge in [-0.05, 0) is 82.3 Å². The Labute approximate surface area is 309 Å². The summed E-state index contributed by atoms with van der Waals surface area (Å²) in [6, 6.07) is 60.6. The summed E-state index contributed by atoms with van der Waals surface area (Å²) >= 11 is 3.67. The Bertz CT molecular complexity index is 2930. The third-order valence-electron chi connectivity index (χ3n) is 9.74. The summed E-state index contributed by atoms with van der Waals surface area (Å²) in [4.78, 5) is 3.58. The number of furan rings is 1. The fourth-order valence-corrected chi connectivity index (χ4v) is 9.52. The minimum Gasteiger partial charge on any atom is -0.456 e. The van der Waals surface area contributed by atoms with E-state index in [4.69, 9.17) is 4.42 Å². The van der Waals surface area contributed by atoms with E-state index in [1.54, 1.807) is 0 Å². The molecule has 7 aromatic carbocycles. The summed E-state index contributed by atoms with van der Waals surface area (Å²) in [7, 11) is 0. The van der Waals surface area contributed by atoms with E-state index in [0.29, 0.717) is 0 Å². The van der Waals surface area contributed by atoms with Crippen molar-refractivity contribution >= 4 is 91.8 Å². The van der Waals surface area contributed by atoms with E-state index >= 15 is 0 Å². The molecule has 4 heteroatoms. The Hall–Kier alpha value is -6.20. The smallest absolute Gasteiger partial charge is 0.138 e. The number of hydrogen-bond acceptors (Lipinski definition) is 4. The van der Waals surface area contributed by atoms with Crippen LogP contribution in [-0.4, -0.2) is 0 Å². The van der Waals surface area contributed by atoms with Gasteiger partial charge in [-0.3, -0.25) is 0 Å². The maximum absolute atomic E-state index is 6.58. The van der Waals surface area contributed by atoms with Crippen molar-refractivity contribution in [3.63, 3.8) is 0 Å². The first-order chi connectivity index (χ1) is 25.8. The summed E-state index contributed by atoms with van der Waals surface area (Å²) in [5, 5.41) is 6.02. The number of thiophene rings is 2. The minimum atomic E-state index is 0.865.